The lowest BCUT2D eigenvalue weighted by Crippen LogP contribution is -2.43. The summed E-state index contributed by atoms with van der Waals surface area (Å²) in [5.74, 6) is -0.595. The third-order valence-electron chi connectivity index (χ3n) is 2.42. The van der Waals surface area contributed by atoms with Crippen LogP contribution in [0.15, 0.2) is 24.3 Å². The Labute approximate surface area is 118 Å². The number of halogens is 1. The quantitative estimate of drug-likeness (QED) is 0.781. The average Bonchev–Trinajstić information content (AvgIpc) is 2.30. The molecule has 0 spiro atoms. The molecule has 0 heterocycles. The molecule has 0 N–H and O–H groups in total. The van der Waals surface area contributed by atoms with Crippen LogP contribution in [-0.2, 0) is 19.6 Å². The van der Waals surface area contributed by atoms with Crippen LogP contribution in [0.2, 0.25) is 5.02 Å². The number of benzene rings is 1. The summed E-state index contributed by atoms with van der Waals surface area (Å²) in [5, 5.41) is 0.487. The lowest BCUT2D eigenvalue weighted by molar-refractivity contribution is -0.144. The summed E-state index contributed by atoms with van der Waals surface area (Å²) in [7, 11) is -3.60. The van der Waals surface area contributed by atoms with Crippen molar-refractivity contribution in [2.75, 3.05) is 17.2 Å². The van der Waals surface area contributed by atoms with E-state index in [2.05, 4.69) is 0 Å². The Morgan fingerprint density at radius 2 is 1.89 bits per heavy atom. The van der Waals surface area contributed by atoms with Gasteiger partial charge >= 0.3 is 5.97 Å². The number of rotatable bonds is 5. The van der Waals surface area contributed by atoms with Crippen LogP contribution in [0.1, 0.15) is 13.8 Å². The van der Waals surface area contributed by atoms with Crippen molar-refractivity contribution in [3.8, 4) is 0 Å². The zero-order chi connectivity index (χ0) is 14.6. The predicted molar refractivity (Wildman–Crippen MR) is 74.9 cm³/mol. The summed E-state index contributed by atoms with van der Waals surface area (Å²) in [4.78, 5) is 11.7. The summed E-state index contributed by atoms with van der Waals surface area (Å²) in [6.45, 7) is 3.34. The Morgan fingerprint density at radius 3 is 2.32 bits per heavy atom. The van der Waals surface area contributed by atoms with Gasteiger partial charge < -0.3 is 4.74 Å². The first-order valence-corrected chi connectivity index (χ1v) is 7.91. The fraction of sp³-hybridized carbons (Fsp3) is 0.417. The molecular weight excluding hydrogens is 290 g/mol. The summed E-state index contributed by atoms with van der Waals surface area (Å²) in [6, 6.07) is 5.27. The van der Waals surface area contributed by atoms with Crippen LogP contribution in [0.5, 0.6) is 0 Å². The molecule has 7 heteroatoms. The summed E-state index contributed by atoms with van der Waals surface area (Å²) in [6.07, 6.45) is 1.04. The first-order chi connectivity index (χ1) is 8.77. The van der Waals surface area contributed by atoms with Crippen LogP contribution in [0, 0.1) is 0 Å². The fourth-order valence-corrected chi connectivity index (χ4v) is 2.94. The molecule has 1 aromatic carbocycles. The molecule has 0 unspecified atom stereocenters. The molecule has 0 aromatic heterocycles. The first kappa shape index (κ1) is 15.8. The number of hydrogen-bond acceptors (Lipinski definition) is 4. The summed E-state index contributed by atoms with van der Waals surface area (Å²) < 4.78 is 29.6. The van der Waals surface area contributed by atoms with Crippen molar-refractivity contribution in [3.05, 3.63) is 29.3 Å². The van der Waals surface area contributed by atoms with Crippen LogP contribution >= 0.6 is 11.6 Å². The highest BCUT2D eigenvalue weighted by atomic mass is 35.5. The number of sulfonamides is 1. The molecule has 0 aliphatic heterocycles. The van der Waals surface area contributed by atoms with Gasteiger partial charge in [-0.1, -0.05) is 11.6 Å². The molecule has 0 saturated carbocycles. The van der Waals surface area contributed by atoms with Gasteiger partial charge in [-0.15, -0.1) is 0 Å². The standard InChI is InChI=1S/C12H16ClNO4S/c1-4-18-12(15)9(2)14(19(3,16)17)11-7-5-10(13)6-8-11/h5-9H,4H2,1-3H3/t9-/m0/s1. The number of nitrogens with zero attached hydrogens (tertiary/aromatic N) is 1. The van der Waals surface area contributed by atoms with Gasteiger partial charge in [0.05, 0.1) is 18.6 Å². The maximum Gasteiger partial charge on any atom is 0.329 e. The Bertz CT molecular complexity index is 541. The molecule has 0 aliphatic carbocycles. The fourth-order valence-electron chi connectivity index (χ4n) is 1.65. The van der Waals surface area contributed by atoms with E-state index in [1.165, 1.54) is 6.92 Å². The van der Waals surface area contributed by atoms with Crippen molar-refractivity contribution in [1.29, 1.82) is 0 Å². The molecule has 5 nitrogen and oxygen atoms in total. The summed E-state index contributed by atoms with van der Waals surface area (Å²) in [5.41, 5.74) is 0.368. The van der Waals surface area contributed by atoms with E-state index in [4.69, 9.17) is 16.3 Å². The number of anilines is 1. The normalized spacial score (nSPS) is 12.8. The summed E-state index contributed by atoms with van der Waals surface area (Å²) >= 11 is 5.76. The Hall–Kier alpha value is -1.27. The van der Waals surface area contributed by atoms with Gasteiger partial charge in [0.2, 0.25) is 10.0 Å². The lowest BCUT2D eigenvalue weighted by atomic mass is 10.2. The zero-order valence-corrected chi connectivity index (χ0v) is 12.5. The van der Waals surface area contributed by atoms with Gasteiger partial charge in [-0.05, 0) is 38.1 Å². The van der Waals surface area contributed by atoms with Gasteiger partial charge in [-0.2, -0.15) is 0 Å². The SMILES string of the molecule is CCOC(=O)[C@H](C)N(c1ccc(Cl)cc1)S(C)(=O)=O. The lowest BCUT2D eigenvalue weighted by Gasteiger charge is -2.27. The number of hydrogen-bond donors (Lipinski definition) is 0. The second kappa shape index (κ2) is 6.25. The van der Waals surface area contributed by atoms with Crippen molar-refractivity contribution in [2.24, 2.45) is 0 Å². The molecule has 0 radical (unpaired) electrons. The number of ether oxygens (including phenoxy) is 1. The van der Waals surface area contributed by atoms with E-state index in [0.29, 0.717) is 10.7 Å². The number of carbonyl (C=O) groups excluding carboxylic acids is 1. The van der Waals surface area contributed by atoms with Gasteiger partial charge in [-0.3, -0.25) is 4.31 Å². The van der Waals surface area contributed by atoms with Crippen LogP contribution < -0.4 is 4.31 Å². The van der Waals surface area contributed by atoms with Gasteiger partial charge in [-0.25, -0.2) is 13.2 Å². The van der Waals surface area contributed by atoms with Crippen LogP contribution in [-0.4, -0.2) is 33.3 Å². The van der Waals surface area contributed by atoms with Gasteiger partial charge in [0, 0.05) is 5.02 Å². The second-order valence-corrected chi connectivity index (χ2v) is 6.26. The molecule has 1 aromatic rings. The zero-order valence-electron chi connectivity index (χ0n) is 11.0. The van der Waals surface area contributed by atoms with E-state index in [1.54, 1.807) is 31.2 Å². The minimum atomic E-state index is -3.60. The highest BCUT2D eigenvalue weighted by Crippen LogP contribution is 2.23. The van der Waals surface area contributed by atoms with Gasteiger partial charge in [0.1, 0.15) is 6.04 Å². The molecule has 19 heavy (non-hydrogen) atoms. The molecule has 0 fully saturated rings. The Balaban J connectivity index is 3.16. The van der Waals surface area contributed by atoms with E-state index < -0.39 is 22.0 Å². The third-order valence-corrected chi connectivity index (χ3v) is 3.91. The van der Waals surface area contributed by atoms with Crippen molar-refractivity contribution in [1.82, 2.24) is 0 Å². The molecular formula is C12H16ClNO4S. The maximum atomic E-state index is 11.9. The van der Waals surface area contributed by atoms with E-state index in [9.17, 15) is 13.2 Å². The van der Waals surface area contributed by atoms with E-state index >= 15 is 0 Å². The molecule has 1 rings (SSSR count). The molecule has 1 atom stereocenters. The van der Waals surface area contributed by atoms with E-state index in [0.717, 1.165) is 10.6 Å². The maximum absolute atomic E-state index is 11.9. The predicted octanol–water partition coefficient (Wildman–Crippen LogP) is 2.06. The van der Waals surface area contributed by atoms with Crippen LogP contribution in [0.3, 0.4) is 0 Å². The van der Waals surface area contributed by atoms with Crippen molar-refractivity contribution in [2.45, 2.75) is 19.9 Å². The van der Waals surface area contributed by atoms with Crippen molar-refractivity contribution < 1.29 is 17.9 Å². The average molecular weight is 306 g/mol. The second-order valence-electron chi connectivity index (χ2n) is 3.96. The largest absolute Gasteiger partial charge is 0.464 e. The van der Waals surface area contributed by atoms with Crippen molar-refractivity contribution >= 4 is 33.3 Å². The van der Waals surface area contributed by atoms with Crippen molar-refractivity contribution in [3.63, 3.8) is 0 Å². The third kappa shape index (κ3) is 4.11. The Morgan fingerprint density at radius 1 is 1.37 bits per heavy atom. The minimum Gasteiger partial charge on any atom is -0.464 e. The molecule has 0 bridgehead atoms. The highest BCUT2D eigenvalue weighted by molar-refractivity contribution is 7.92. The topological polar surface area (TPSA) is 63.7 Å². The molecule has 106 valence electrons. The van der Waals surface area contributed by atoms with E-state index in [1.807, 2.05) is 0 Å². The minimum absolute atomic E-state index is 0.196. The van der Waals surface area contributed by atoms with Crippen LogP contribution in [0.25, 0.3) is 0 Å². The van der Waals surface area contributed by atoms with Crippen LogP contribution in [0.4, 0.5) is 5.69 Å². The monoisotopic (exact) mass is 305 g/mol. The smallest absolute Gasteiger partial charge is 0.329 e. The van der Waals surface area contributed by atoms with Gasteiger partial charge in [0.15, 0.2) is 0 Å². The Kier molecular flexibility index (Phi) is 5.20. The number of carbonyl (C=O) groups is 1. The van der Waals surface area contributed by atoms with Gasteiger partial charge in [0.25, 0.3) is 0 Å². The highest BCUT2D eigenvalue weighted by Gasteiger charge is 2.29. The first-order valence-electron chi connectivity index (χ1n) is 5.69. The number of esters is 1. The molecule has 0 aliphatic rings. The molecule has 0 saturated heterocycles. The molecule has 0 amide bonds. The van der Waals surface area contributed by atoms with E-state index in [-0.39, 0.29) is 6.61 Å².